The van der Waals surface area contributed by atoms with E-state index in [2.05, 4.69) is 29.5 Å². The molecule has 1 fully saturated rings. The van der Waals surface area contributed by atoms with Crippen molar-refractivity contribution in [3.05, 3.63) is 23.4 Å². The quantitative estimate of drug-likeness (QED) is 0.429. The molecule has 138 valence electrons. The van der Waals surface area contributed by atoms with Crippen LogP contribution in [0.15, 0.2) is 16.5 Å². The smallest absolute Gasteiger partial charge is 0.425 e. The van der Waals surface area contributed by atoms with Gasteiger partial charge in [0, 0.05) is 16.4 Å². The van der Waals surface area contributed by atoms with Crippen molar-refractivity contribution in [1.29, 1.82) is 0 Å². The van der Waals surface area contributed by atoms with Crippen molar-refractivity contribution < 1.29 is 31.2 Å². The lowest BCUT2D eigenvalue weighted by atomic mass is 10.2. The molecule has 11 nitrogen and oxygen atoms in total. The Morgan fingerprint density at radius 2 is 1.96 bits per heavy atom. The molecule has 14 heteroatoms. The first kappa shape index (κ1) is 20.8. The molecule has 1 aliphatic rings. The molecule has 0 saturated carbocycles. The third-order valence-corrected chi connectivity index (χ3v) is 4.37. The highest BCUT2D eigenvalue weighted by molar-refractivity contribution is 8.12. The lowest BCUT2D eigenvalue weighted by Crippen LogP contribution is -2.36. The van der Waals surface area contributed by atoms with E-state index in [0.717, 1.165) is 11.6 Å². The molecule has 0 spiro atoms. The Morgan fingerprint density at radius 3 is 2.36 bits per heavy atom. The molecular weight excluding hydrogens is 400 g/mol. The highest BCUT2D eigenvalue weighted by Gasteiger charge is 2.33. The van der Waals surface area contributed by atoms with Crippen LogP contribution in [0.4, 0.5) is 10.6 Å². The molecule has 1 aromatic heterocycles. The van der Waals surface area contributed by atoms with Crippen LogP contribution in [-0.4, -0.2) is 51.4 Å². The second-order valence-corrected chi connectivity index (χ2v) is 8.33. The van der Waals surface area contributed by atoms with E-state index in [1.807, 2.05) is 13.0 Å². The Kier molecular flexibility index (Phi) is 6.87. The molecular formula is C11H13ClN4O7S2. The van der Waals surface area contributed by atoms with Crippen LogP contribution >= 0.6 is 10.7 Å². The third kappa shape index (κ3) is 7.05. The molecule has 1 saturated heterocycles. The number of amides is 1. The maximum Gasteiger partial charge on any atom is 0.425 e. The van der Waals surface area contributed by atoms with Crippen LogP contribution < -0.4 is 4.72 Å². The molecule has 0 aromatic carbocycles. The fourth-order valence-electron chi connectivity index (χ4n) is 1.72. The first-order chi connectivity index (χ1) is 11.4. The number of hydrogen-bond acceptors (Lipinski definition) is 8. The minimum Gasteiger partial charge on any atom is -0.447 e. The van der Waals surface area contributed by atoms with E-state index in [-0.39, 0.29) is 19.0 Å². The minimum atomic E-state index is -4.00. The molecule has 0 aliphatic carbocycles. The number of hydrogen-bond donors (Lipinski definition) is 1. The number of nitrogens with zero attached hydrogens (tertiary/aromatic N) is 3. The molecule has 1 aliphatic heterocycles. The van der Waals surface area contributed by atoms with Gasteiger partial charge in [-0.25, -0.2) is 19.3 Å². The second kappa shape index (κ2) is 8.25. The number of isocyanates is 1. The van der Waals surface area contributed by atoms with Gasteiger partial charge in [0.25, 0.3) is 6.08 Å². The van der Waals surface area contributed by atoms with Gasteiger partial charge in [-0.1, -0.05) is 4.40 Å². The van der Waals surface area contributed by atoms with Crippen LogP contribution in [0.1, 0.15) is 11.3 Å². The van der Waals surface area contributed by atoms with Gasteiger partial charge in [-0.05, 0) is 31.5 Å². The van der Waals surface area contributed by atoms with Crippen LogP contribution in [0.3, 0.4) is 0 Å². The van der Waals surface area contributed by atoms with E-state index in [1.54, 1.807) is 13.0 Å². The van der Waals surface area contributed by atoms with Gasteiger partial charge >= 0.3 is 25.5 Å². The second-order valence-electron chi connectivity index (χ2n) is 4.56. The van der Waals surface area contributed by atoms with Gasteiger partial charge in [0.2, 0.25) is 0 Å². The van der Waals surface area contributed by atoms with Gasteiger partial charge in [0.15, 0.2) is 0 Å². The molecule has 0 unspecified atom stereocenters. The van der Waals surface area contributed by atoms with Crippen LogP contribution in [0.25, 0.3) is 0 Å². The van der Waals surface area contributed by atoms with E-state index in [4.69, 9.17) is 4.79 Å². The van der Waals surface area contributed by atoms with E-state index in [1.165, 1.54) is 0 Å². The number of cyclic esters (lactones) is 1. The topological polar surface area (TPSA) is 152 Å². The number of pyridine rings is 1. The summed E-state index contributed by atoms with van der Waals surface area (Å²) in [6.45, 7) is 3.67. The number of halogens is 1. The first-order valence-corrected chi connectivity index (χ1v) is 10.1. The van der Waals surface area contributed by atoms with Crippen molar-refractivity contribution in [2.24, 2.45) is 4.40 Å². The molecule has 0 bridgehead atoms. The molecule has 2 heterocycles. The Hall–Kier alpha value is -2.21. The fourth-order valence-corrected chi connectivity index (χ4v) is 2.94. The van der Waals surface area contributed by atoms with E-state index >= 15 is 0 Å². The SMILES string of the molecule is Cc1cc(C)nc(NS(=O)(=O)N2CCOC2=O)c1.O=C=NS(=O)(=O)Cl. The van der Waals surface area contributed by atoms with Gasteiger partial charge in [0.05, 0.1) is 6.54 Å². The summed E-state index contributed by atoms with van der Waals surface area (Å²) in [6, 6.07) is 3.41. The molecule has 1 aromatic rings. The number of aromatic nitrogens is 1. The number of rotatable bonds is 4. The Labute approximate surface area is 148 Å². The summed E-state index contributed by atoms with van der Waals surface area (Å²) in [5, 5.41) is 0. The van der Waals surface area contributed by atoms with Crippen molar-refractivity contribution >= 4 is 48.1 Å². The lowest BCUT2D eigenvalue weighted by Gasteiger charge is -2.14. The Balaban J connectivity index is 0.000000381. The average molecular weight is 413 g/mol. The normalized spacial score (nSPS) is 14.0. The van der Waals surface area contributed by atoms with Crippen molar-refractivity contribution in [3.63, 3.8) is 0 Å². The van der Waals surface area contributed by atoms with Crippen LogP contribution in [0.2, 0.25) is 0 Å². The fraction of sp³-hybridized carbons (Fsp3) is 0.364. The lowest BCUT2D eigenvalue weighted by molar-refractivity contribution is 0.170. The number of aryl methyl sites for hydroxylation is 2. The molecule has 0 radical (unpaired) electrons. The van der Waals surface area contributed by atoms with Crippen molar-refractivity contribution in [3.8, 4) is 0 Å². The van der Waals surface area contributed by atoms with Gasteiger partial charge in [-0.15, -0.1) is 0 Å². The van der Waals surface area contributed by atoms with E-state index in [9.17, 15) is 21.6 Å². The van der Waals surface area contributed by atoms with Crippen LogP contribution in [0.5, 0.6) is 0 Å². The Bertz CT molecular complexity index is 890. The summed E-state index contributed by atoms with van der Waals surface area (Å²) >= 11 is 0. The number of carbonyl (C=O) groups is 1. The molecule has 2 rings (SSSR count). The summed E-state index contributed by atoms with van der Waals surface area (Å²) in [6.07, 6.45) is -0.106. The average Bonchev–Trinajstić information content (AvgIpc) is 2.83. The van der Waals surface area contributed by atoms with Crippen LogP contribution in [0, 0.1) is 13.8 Å². The van der Waals surface area contributed by atoms with Crippen molar-refractivity contribution in [2.45, 2.75) is 13.8 Å². The summed E-state index contributed by atoms with van der Waals surface area (Å²) in [7, 11) is -3.57. The zero-order chi connectivity index (χ0) is 19.3. The highest BCUT2D eigenvalue weighted by Crippen LogP contribution is 2.15. The summed E-state index contributed by atoms with van der Waals surface area (Å²) in [5.41, 5.74) is 1.57. The summed E-state index contributed by atoms with van der Waals surface area (Å²) < 4.78 is 52.6. The van der Waals surface area contributed by atoms with Crippen LogP contribution in [-0.2, 0) is 29.0 Å². The van der Waals surface area contributed by atoms with E-state index < -0.39 is 25.5 Å². The van der Waals surface area contributed by atoms with Gasteiger partial charge in [0.1, 0.15) is 12.4 Å². The van der Waals surface area contributed by atoms with Gasteiger partial charge in [-0.2, -0.15) is 21.1 Å². The largest absolute Gasteiger partial charge is 0.447 e. The number of ether oxygens (including phenoxy) is 1. The van der Waals surface area contributed by atoms with Gasteiger partial charge in [-0.3, -0.25) is 0 Å². The Morgan fingerprint density at radius 1 is 1.32 bits per heavy atom. The highest BCUT2D eigenvalue weighted by atomic mass is 35.7. The summed E-state index contributed by atoms with van der Waals surface area (Å²) in [5.74, 6) is 0.187. The zero-order valence-electron chi connectivity index (χ0n) is 13.0. The predicted octanol–water partition coefficient (Wildman–Crippen LogP) is 0.613. The molecule has 0 atom stereocenters. The predicted molar refractivity (Wildman–Crippen MR) is 87.2 cm³/mol. The van der Waals surface area contributed by atoms with Crippen molar-refractivity contribution in [1.82, 2.24) is 9.29 Å². The monoisotopic (exact) mass is 412 g/mol. The number of anilines is 1. The number of nitrogens with one attached hydrogen (secondary N) is 1. The van der Waals surface area contributed by atoms with E-state index in [0.29, 0.717) is 10.00 Å². The maximum atomic E-state index is 11.9. The van der Waals surface area contributed by atoms with Gasteiger partial charge < -0.3 is 4.74 Å². The molecule has 1 amide bonds. The first-order valence-electron chi connectivity index (χ1n) is 6.41. The summed E-state index contributed by atoms with van der Waals surface area (Å²) in [4.78, 5) is 24.3. The molecule has 1 N–H and O–H groups in total. The standard InChI is InChI=1S/C10H13N3O4S.CClNO3S/c1-7-5-8(2)11-9(6-7)12-18(15,16)13-3-4-17-10(13)14;2-7(5,6)3-1-4/h5-6H,3-4H2,1-2H3,(H,11,12);. The maximum absolute atomic E-state index is 11.9. The zero-order valence-corrected chi connectivity index (χ0v) is 15.4. The minimum absolute atomic E-state index is 0.0129. The third-order valence-electron chi connectivity index (χ3n) is 2.49. The van der Waals surface area contributed by atoms with Crippen molar-refractivity contribution in [2.75, 3.05) is 17.9 Å². The number of carbonyl (C=O) groups excluding carboxylic acids is 2. The molecule has 25 heavy (non-hydrogen) atoms.